The van der Waals surface area contributed by atoms with E-state index in [-0.39, 0.29) is 25.8 Å². The highest BCUT2D eigenvalue weighted by Crippen LogP contribution is 2.61. The van der Waals surface area contributed by atoms with Gasteiger partial charge in [0.15, 0.2) is 21.4 Å². The Morgan fingerprint density at radius 2 is 1.68 bits per heavy atom. The molecule has 15 heteroatoms. The number of rotatable bonds is 7. The van der Waals surface area contributed by atoms with Crippen LogP contribution in [0.3, 0.4) is 0 Å². The van der Waals surface area contributed by atoms with Gasteiger partial charge in [-0.3, -0.25) is 0 Å². The fourth-order valence-corrected chi connectivity index (χ4v) is 12.2. The molecule has 0 unspecified atom stereocenters. The maximum Gasteiger partial charge on any atom is 0.416 e. The van der Waals surface area contributed by atoms with Gasteiger partial charge in [0.05, 0.1) is 35.0 Å². The van der Waals surface area contributed by atoms with Gasteiger partial charge in [-0.25, -0.2) is 25.6 Å². The summed E-state index contributed by atoms with van der Waals surface area (Å²) in [7, 11) is -7.43. The number of fused-ring (bicyclic) bond motifs is 5. The molecule has 2 aliphatic heterocycles. The molecular weight excluding hydrogens is 669 g/mol. The molecule has 1 saturated carbocycles. The third kappa shape index (κ3) is 5.30. The summed E-state index contributed by atoms with van der Waals surface area (Å²) in [6.07, 6.45) is -5.35. The first-order valence-electron chi connectivity index (χ1n) is 14.8. The van der Waals surface area contributed by atoms with Crippen molar-refractivity contribution in [1.29, 1.82) is 0 Å². The van der Waals surface area contributed by atoms with Crippen molar-refractivity contribution < 1.29 is 53.1 Å². The molecule has 0 spiro atoms. The summed E-state index contributed by atoms with van der Waals surface area (Å²) in [5, 5.41) is -1.25. The smallest absolute Gasteiger partial charge is 0.416 e. The van der Waals surface area contributed by atoms with Gasteiger partial charge >= 0.3 is 6.18 Å². The van der Waals surface area contributed by atoms with E-state index in [4.69, 9.17) is 9.47 Å². The number of nitrogens with zero attached hydrogens (tertiary/aromatic N) is 1. The summed E-state index contributed by atoms with van der Waals surface area (Å²) >= 11 is 0. The molecule has 3 aromatic carbocycles. The third-order valence-corrected chi connectivity index (χ3v) is 14.6. The zero-order chi connectivity index (χ0) is 33.9. The van der Waals surface area contributed by atoms with Crippen molar-refractivity contribution in [3.63, 3.8) is 0 Å². The van der Waals surface area contributed by atoms with Gasteiger partial charge in [0.2, 0.25) is 10.0 Å². The van der Waals surface area contributed by atoms with Crippen molar-refractivity contribution in [2.75, 3.05) is 13.7 Å². The standard InChI is InChI=1S/C32H30F5NO7S2/c1-44-21-6-2-19(3-7-21)17-38-28-12-14-31(46(40,41)22-8-4-20(5-9-22)32(35,36)37)25(24(28)16-23(13-15-39)47(38,42)43)18-45-30-27(34)11-10-26(33)29(30)31/h2-11,15,23-25,28H,12-14,16-18H2,1H3/t23-,24+,25+,28-,31+/m1/s1. The van der Waals surface area contributed by atoms with Crippen LogP contribution in [-0.4, -0.2) is 52.4 Å². The van der Waals surface area contributed by atoms with Crippen LogP contribution in [0.1, 0.15) is 42.4 Å². The molecule has 0 radical (unpaired) electrons. The van der Waals surface area contributed by atoms with E-state index in [9.17, 15) is 34.8 Å². The van der Waals surface area contributed by atoms with Crippen molar-refractivity contribution in [3.05, 3.63) is 89.0 Å². The quantitative estimate of drug-likeness (QED) is 0.232. The van der Waals surface area contributed by atoms with Gasteiger partial charge in [0.1, 0.15) is 22.6 Å². The van der Waals surface area contributed by atoms with Gasteiger partial charge in [-0.1, -0.05) is 12.1 Å². The SMILES string of the molecule is COc1ccc(CN2[C@@H]3CC[C@@]4(S(=O)(=O)c5ccc(C(F)(F)F)cc5)c5c(F)ccc(F)c5OC[C@H]4[C@@H]3C[C@@H](CC=O)S2(=O)=O)cc1. The van der Waals surface area contributed by atoms with Gasteiger partial charge in [-0.15, -0.1) is 0 Å². The fraction of sp³-hybridized carbons (Fsp3) is 0.406. The number of hydrogen-bond donors (Lipinski definition) is 0. The molecule has 0 amide bonds. The van der Waals surface area contributed by atoms with Gasteiger partial charge in [0, 0.05) is 24.9 Å². The molecule has 252 valence electrons. The second-order valence-electron chi connectivity index (χ2n) is 12.0. The lowest BCUT2D eigenvalue weighted by molar-refractivity contribution is -0.137. The summed E-state index contributed by atoms with van der Waals surface area (Å²) in [6.45, 7) is -0.562. The molecule has 0 N–H and O–H groups in total. The van der Waals surface area contributed by atoms with E-state index < -0.39 is 100 Å². The van der Waals surface area contributed by atoms with Gasteiger partial charge in [0.25, 0.3) is 0 Å². The van der Waals surface area contributed by atoms with E-state index in [1.807, 2.05) is 0 Å². The first-order chi connectivity index (χ1) is 22.2. The predicted molar refractivity (Wildman–Crippen MR) is 159 cm³/mol. The molecule has 2 fully saturated rings. The lowest BCUT2D eigenvalue weighted by Gasteiger charge is -2.57. The Hall–Kier alpha value is -3.56. The minimum absolute atomic E-state index is 0.111. The van der Waals surface area contributed by atoms with Crippen LogP contribution in [0.15, 0.2) is 65.6 Å². The minimum atomic E-state index is -4.80. The lowest BCUT2D eigenvalue weighted by atomic mass is 9.64. The van der Waals surface area contributed by atoms with E-state index in [0.717, 1.165) is 24.3 Å². The van der Waals surface area contributed by atoms with Crippen LogP contribution >= 0.6 is 0 Å². The van der Waals surface area contributed by atoms with Crippen molar-refractivity contribution in [3.8, 4) is 11.5 Å². The van der Waals surface area contributed by atoms with Gasteiger partial charge in [-0.2, -0.15) is 17.5 Å². The minimum Gasteiger partial charge on any atom is -0.497 e. The van der Waals surface area contributed by atoms with Gasteiger partial charge in [-0.05, 0) is 79.3 Å². The number of benzene rings is 3. The maximum atomic E-state index is 15.9. The number of halogens is 5. The zero-order valence-corrected chi connectivity index (χ0v) is 26.5. The highest BCUT2D eigenvalue weighted by Gasteiger charge is 2.65. The molecule has 3 aliphatic rings. The van der Waals surface area contributed by atoms with Crippen molar-refractivity contribution in [1.82, 2.24) is 4.31 Å². The number of sulfonamides is 1. The Kier molecular flexibility index (Phi) is 8.40. The van der Waals surface area contributed by atoms with Crippen LogP contribution in [0.4, 0.5) is 22.0 Å². The Balaban J connectivity index is 1.52. The Morgan fingerprint density at radius 3 is 2.30 bits per heavy atom. The van der Waals surface area contributed by atoms with Crippen molar-refractivity contribution in [2.45, 2.75) is 59.3 Å². The fourth-order valence-electron chi connectivity index (χ4n) is 7.62. The van der Waals surface area contributed by atoms with E-state index in [0.29, 0.717) is 29.7 Å². The number of ether oxygens (including phenoxy) is 2. The van der Waals surface area contributed by atoms with E-state index in [1.165, 1.54) is 11.4 Å². The monoisotopic (exact) mass is 699 g/mol. The summed E-state index contributed by atoms with van der Waals surface area (Å²) in [4.78, 5) is 11.2. The van der Waals surface area contributed by atoms with Crippen molar-refractivity contribution >= 4 is 26.1 Å². The first-order valence-corrected chi connectivity index (χ1v) is 17.8. The highest BCUT2D eigenvalue weighted by atomic mass is 32.2. The molecule has 0 bridgehead atoms. The number of alkyl halides is 3. The van der Waals surface area contributed by atoms with Crippen molar-refractivity contribution in [2.24, 2.45) is 11.8 Å². The molecule has 3 aromatic rings. The van der Waals surface area contributed by atoms with Crippen LogP contribution < -0.4 is 9.47 Å². The molecule has 6 rings (SSSR count). The number of sulfone groups is 1. The van der Waals surface area contributed by atoms with Crippen LogP contribution in [0.2, 0.25) is 0 Å². The Bertz CT molecular complexity index is 1900. The highest BCUT2D eigenvalue weighted by molar-refractivity contribution is 7.92. The number of carbonyl (C=O) groups is 1. The summed E-state index contributed by atoms with van der Waals surface area (Å²) in [5.74, 6) is -4.16. The van der Waals surface area contributed by atoms with E-state index in [2.05, 4.69) is 0 Å². The molecular formula is C32H30F5NO7S2. The lowest BCUT2D eigenvalue weighted by Crippen LogP contribution is -2.64. The molecule has 47 heavy (non-hydrogen) atoms. The topological polar surface area (TPSA) is 107 Å². The van der Waals surface area contributed by atoms with Crippen LogP contribution in [-0.2, 0) is 42.1 Å². The van der Waals surface area contributed by atoms with Crippen LogP contribution in [0.5, 0.6) is 11.5 Å². The third-order valence-electron chi connectivity index (χ3n) is 9.79. The first kappa shape index (κ1) is 33.3. The average molecular weight is 700 g/mol. The van der Waals surface area contributed by atoms with Crippen LogP contribution in [0.25, 0.3) is 0 Å². The number of aldehydes is 1. The van der Waals surface area contributed by atoms with E-state index in [1.54, 1.807) is 24.3 Å². The summed E-state index contributed by atoms with van der Waals surface area (Å²) in [6, 6.07) is 10.2. The molecule has 0 aromatic heterocycles. The molecule has 8 nitrogen and oxygen atoms in total. The maximum absolute atomic E-state index is 15.9. The van der Waals surface area contributed by atoms with E-state index >= 15 is 8.78 Å². The zero-order valence-electron chi connectivity index (χ0n) is 24.9. The normalized spacial score (nSPS) is 27.1. The van der Waals surface area contributed by atoms with Gasteiger partial charge < -0.3 is 14.3 Å². The number of methoxy groups -OCH3 is 1. The summed E-state index contributed by atoms with van der Waals surface area (Å²) in [5.41, 5.74) is -1.08. The number of hydrogen-bond acceptors (Lipinski definition) is 7. The molecule has 1 aliphatic carbocycles. The second-order valence-corrected chi connectivity index (χ2v) is 16.4. The molecule has 2 heterocycles. The Morgan fingerprint density at radius 1 is 1.02 bits per heavy atom. The van der Waals surface area contributed by atoms with Crippen LogP contribution in [0, 0.1) is 23.5 Å². The largest absolute Gasteiger partial charge is 0.497 e. The Labute approximate surface area is 268 Å². The molecule has 1 saturated heterocycles. The summed E-state index contributed by atoms with van der Waals surface area (Å²) < 4.78 is 138. The second kappa shape index (κ2) is 11.8. The number of carbonyl (C=O) groups excluding carboxylic acids is 1. The molecule has 5 atom stereocenters. The average Bonchev–Trinajstić information content (AvgIpc) is 3.04. The predicted octanol–water partition coefficient (Wildman–Crippen LogP) is 5.64.